The standard InChI is InChI=1S/C25H25NO10/c1-29-7-8-33-12-36-24-19(30-2)6-5-14(22(24)25(28)31-3)16-9-18(27)15-10-20-21(35-13-34-20)11-17(15)23(16)26-32-4/h5-6,9-11H,7-8,12-13H2,1-4H3/b26-23+. The third-order valence-corrected chi connectivity index (χ3v) is 5.49. The molecule has 36 heavy (non-hydrogen) atoms. The largest absolute Gasteiger partial charge is 0.493 e. The van der Waals surface area contributed by atoms with Gasteiger partial charge in [0.05, 0.1) is 27.4 Å². The summed E-state index contributed by atoms with van der Waals surface area (Å²) in [5.74, 6) is 0.251. The van der Waals surface area contributed by atoms with Crippen molar-refractivity contribution in [2.24, 2.45) is 5.16 Å². The summed E-state index contributed by atoms with van der Waals surface area (Å²) in [6, 6.07) is 6.48. The smallest absolute Gasteiger partial charge is 0.342 e. The Morgan fingerprint density at radius 3 is 2.42 bits per heavy atom. The van der Waals surface area contributed by atoms with Crippen LogP contribution in [-0.2, 0) is 19.0 Å². The molecule has 0 bridgehead atoms. The van der Waals surface area contributed by atoms with E-state index in [1.54, 1.807) is 31.4 Å². The average Bonchev–Trinajstić information content (AvgIpc) is 3.36. The SMILES string of the molecule is COCCOCOc1c(OC)ccc(C2=CC(=O)c3cc4c(cc3/C2=N/OC)OCO4)c1C(=O)OC. The molecule has 2 aromatic rings. The summed E-state index contributed by atoms with van der Waals surface area (Å²) in [6.07, 6.45) is 1.37. The lowest BCUT2D eigenvalue weighted by Crippen LogP contribution is -2.20. The molecule has 11 nitrogen and oxygen atoms in total. The van der Waals surface area contributed by atoms with E-state index in [2.05, 4.69) is 5.16 Å². The quantitative estimate of drug-likeness (QED) is 0.209. The maximum absolute atomic E-state index is 13.2. The number of allylic oxidation sites excluding steroid dienone is 2. The topological polar surface area (TPSA) is 120 Å². The van der Waals surface area contributed by atoms with Crippen LogP contribution >= 0.6 is 0 Å². The molecule has 0 aromatic heterocycles. The number of hydrogen-bond acceptors (Lipinski definition) is 11. The zero-order valence-electron chi connectivity index (χ0n) is 20.2. The molecule has 1 aliphatic carbocycles. The van der Waals surface area contributed by atoms with Crippen molar-refractivity contribution in [1.29, 1.82) is 0 Å². The van der Waals surface area contributed by atoms with Gasteiger partial charge in [0.2, 0.25) is 6.79 Å². The highest BCUT2D eigenvalue weighted by Gasteiger charge is 2.33. The van der Waals surface area contributed by atoms with Gasteiger partial charge < -0.3 is 38.0 Å². The first-order valence-corrected chi connectivity index (χ1v) is 10.8. The Morgan fingerprint density at radius 2 is 1.75 bits per heavy atom. The average molecular weight is 499 g/mol. The lowest BCUT2D eigenvalue weighted by atomic mass is 9.83. The molecular formula is C25H25NO10. The number of carbonyl (C=O) groups excluding carboxylic acids is 2. The van der Waals surface area contributed by atoms with Crippen molar-refractivity contribution in [3.05, 3.63) is 52.6 Å². The van der Waals surface area contributed by atoms with Crippen molar-refractivity contribution in [2.45, 2.75) is 0 Å². The highest BCUT2D eigenvalue weighted by Crippen LogP contribution is 2.42. The van der Waals surface area contributed by atoms with Gasteiger partial charge in [-0.2, -0.15) is 0 Å². The Morgan fingerprint density at radius 1 is 1.00 bits per heavy atom. The highest BCUT2D eigenvalue weighted by molar-refractivity contribution is 6.41. The van der Waals surface area contributed by atoms with Crippen LogP contribution in [0.4, 0.5) is 0 Å². The molecule has 0 spiro atoms. The zero-order chi connectivity index (χ0) is 25.7. The minimum absolute atomic E-state index is 0.0271. The number of carbonyl (C=O) groups is 2. The summed E-state index contributed by atoms with van der Waals surface area (Å²) in [5.41, 5.74) is 1.79. The second-order valence-electron chi connectivity index (χ2n) is 7.47. The van der Waals surface area contributed by atoms with Gasteiger partial charge in [-0.25, -0.2) is 4.79 Å². The molecule has 0 N–H and O–H groups in total. The predicted molar refractivity (Wildman–Crippen MR) is 126 cm³/mol. The van der Waals surface area contributed by atoms with E-state index in [9.17, 15) is 9.59 Å². The molecule has 0 saturated carbocycles. The Bertz CT molecular complexity index is 1230. The second kappa shape index (κ2) is 11.1. The summed E-state index contributed by atoms with van der Waals surface area (Å²) >= 11 is 0. The molecule has 2 aliphatic rings. The van der Waals surface area contributed by atoms with Crippen LogP contribution in [0.25, 0.3) is 5.57 Å². The maximum atomic E-state index is 13.2. The molecule has 1 aliphatic heterocycles. The minimum atomic E-state index is -0.711. The fraction of sp³-hybridized carbons (Fsp3) is 0.320. The van der Waals surface area contributed by atoms with E-state index in [-0.39, 0.29) is 43.0 Å². The molecular weight excluding hydrogens is 474 g/mol. The van der Waals surface area contributed by atoms with Crippen molar-refractivity contribution in [2.75, 3.05) is 55.2 Å². The van der Waals surface area contributed by atoms with Crippen molar-refractivity contribution in [3.63, 3.8) is 0 Å². The van der Waals surface area contributed by atoms with E-state index in [4.69, 9.17) is 38.0 Å². The molecule has 0 fully saturated rings. The summed E-state index contributed by atoms with van der Waals surface area (Å²) in [5, 5.41) is 4.17. The molecule has 0 unspecified atom stereocenters. The van der Waals surface area contributed by atoms with Crippen molar-refractivity contribution in [1.82, 2.24) is 0 Å². The van der Waals surface area contributed by atoms with Crippen LogP contribution in [0.2, 0.25) is 0 Å². The maximum Gasteiger partial charge on any atom is 0.342 e. The van der Waals surface area contributed by atoms with Gasteiger partial charge in [-0.05, 0) is 30.3 Å². The Kier molecular flexibility index (Phi) is 7.71. The van der Waals surface area contributed by atoms with Gasteiger partial charge in [0.25, 0.3) is 0 Å². The number of rotatable bonds is 10. The number of ketones is 1. The van der Waals surface area contributed by atoms with Crippen molar-refractivity contribution >= 4 is 23.0 Å². The van der Waals surface area contributed by atoms with Gasteiger partial charge in [0, 0.05) is 29.4 Å². The van der Waals surface area contributed by atoms with E-state index in [1.807, 2.05) is 0 Å². The van der Waals surface area contributed by atoms with Gasteiger partial charge >= 0.3 is 5.97 Å². The Labute approximate surface area is 207 Å². The summed E-state index contributed by atoms with van der Waals surface area (Å²) < 4.78 is 37.5. The zero-order valence-corrected chi connectivity index (χ0v) is 20.2. The fourth-order valence-electron chi connectivity index (χ4n) is 3.86. The van der Waals surface area contributed by atoms with Gasteiger partial charge in [-0.1, -0.05) is 5.16 Å². The number of nitrogens with zero attached hydrogens (tertiary/aromatic N) is 1. The summed E-state index contributed by atoms with van der Waals surface area (Å²) in [4.78, 5) is 31.3. The number of fused-ring (bicyclic) bond motifs is 2. The van der Waals surface area contributed by atoms with Crippen LogP contribution in [0.3, 0.4) is 0 Å². The van der Waals surface area contributed by atoms with E-state index in [0.717, 1.165) is 0 Å². The van der Waals surface area contributed by atoms with Gasteiger partial charge in [-0.15, -0.1) is 0 Å². The van der Waals surface area contributed by atoms with Crippen LogP contribution in [-0.4, -0.2) is 72.7 Å². The van der Waals surface area contributed by atoms with Gasteiger partial charge in [0.15, 0.2) is 35.6 Å². The van der Waals surface area contributed by atoms with Gasteiger partial charge in [-0.3, -0.25) is 4.79 Å². The molecule has 1 heterocycles. The molecule has 0 radical (unpaired) electrons. The fourth-order valence-corrected chi connectivity index (χ4v) is 3.86. The first-order chi connectivity index (χ1) is 17.5. The molecule has 0 atom stereocenters. The number of esters is 1. The molecule has 11 heteroatoms. The summed E-state index contributed by atoms with van der Waals surface area (Å²) in [7, 11) is 5.62. The number of benzene rings is 2. The van der Waals surface area contributed by atoms with Crippen LogP contribution in [0.5, 0.6) is 23.0 Å². The highest BCUT2D eigenvalue weighted by atomic mass is 16.7. The van der Waals surface area contributed by atoms with E-state index < -0.39 is 5.97 Å². The second-order valence-corrected chi connectivity index (χ2v) is 7.47. The van der Waals surface area contributed by atoms with Crippen LogP contribution in [0, 0.1) is 0 Å². The minimum Gasteiger partial charge on any atom is -0.493 e. The van der Waals surface area contributed by atoms with Gasteiger partial charge in [0.1, 0.15) is 18.4 Å². The lowest BCUT2D eigenvalue weighted by molar-refractivity contribution is -0.0101. The van der Waals surface area contributed by atoms with E-state index >= 15 is 0 Å². The molecule has 0 saturated heterocycles. The lowest BCUT2D eigenvalue weighted by Gasteiger charge is -2.22. The molecule has 2 aromatic carbocycles. The normalized spacial score (nSPS) is 14.8. The first kappa shape index (κ1) is 25.0. The molecule has 190 valence electrons. The first-order valence-electron chi connectivity index (χ1n) is 10.8. The van der Waals surface area contributed by atoms with Crippen LogP contribution in [0.1, 0.15) is 31.8 Å². The molecule has 4 rings (SSSR count). The third-order valence-electron chi connectivity index (χ3n) is 5.49. The van der Waals surface area contributed by atoms with Crippen molar-refractivity contribution < 1.29 is 47.6 Å². The predicted octanol–water partition coefficient (Wildman–Crippen LogP) is 2.84. The monoisotopic (exact) mass is 499 g/mol. The third kappa shape index (κ3) is 4.70. The van der Waals surface area contributed by atoms with Crippen LogP contribution < -0.4 is 18.9 Å². The Balaban J connectivity index is 1.84. The molecule has 0 amide bonds. The van der Waals surface area contributed by atoms with E-state index in [0.29, 0.717) is 46.1 Å². The van der Waals surface area contributed by atoms with Crippen molar-refractivity contribution in [3.8, 4) is 23.0 Å². The van der Waals surface area contributed by atoms with Crippen LogP contribution in [0.15, 0.2) is 35.5 Å². The summed E-state index contributed by atoms with van der Waals surface area (Å²) in [6.45, 7) is 0.509. The number of methoxy groups -OCH3 is 3. The van der Waals surface area contributed by atoms with E-state index in [1.165, 1.54) is 27.4 Å². The Hall–Kier alpha value is -4.09. The number of hydrogen-bond donors (Lipinski definition) is 0. The number of oxime groups is 1. The number of ether oxygens (including phenoxy) is 7.